The largest absolute Gasteiger partial charge is 0.387 e. The minimum absolute atomic E-state index is 0.392. The van der Waals surface area contributed by atoms with E-state index >= 15 is 0 Å². The Balaban J connectivity index is 3.11. The van der Waals surface area contributed by atoms with Crippen LogP contribution in [0.1, 0.15) is 25.0 Å². The Labute approximate surface area is 99.0 Å². The Morgan fingerprint density at radius 2 is 1.93 bits per heavy atom. The molecule has 0 aliphatic carbocycles. The van der Waals surface area contributed by atoms with Crippen molar-refractivity contribution >= 4 is 23.2 Å². The molecule has 0 saturated carbocycles. The molecule has 4 heteroatoms. The van der Waals surface area contributed by atoms with Crippen molar-refractivity contribution in [2.45, 2.75) is 19.4 Å². The molecule has 1 N–H and O–H groups in total. The van der Waals surface area contributed by atoms with Crippen LogP contribution in [0.25, 0.3) is 0 Å². The maximum atomic E-state index is 9.95. The summed E-state index contributed by atoms with van der Waals surface area (Å²) in [5.41, 5.74) is 0.439. The third-order valence-electron chi connectivity index (χ3n) is 2.28. The highest BCUT2D eigenvalue weighted by Gasteiger charge is 2.23. The van der Waals surface area contributed by atoms with Crippen LogP contribution in [-0.2, 0) is 0 Å². The number of aliphatic hydroxyl groups is 1. The molecule has 0 aliphatic rings. The summed E-state index contributed by atoms with van der Waals surface area (Å²) < 4.78 is 0. The fraction of sp³-hybridized carbons (Fsp3) is 0.364. The number of benzene rings is 1. The van der Waals surface area contributed by atoms with Gasteiger partial charge < -0.3 is 5.11 Å². The van der Waals surface area contributed by atoms with Crippen molar-refractivity contribution in [3.05, 3.63) is 33.8 Å². The molecule has 80 valence electrons. The molecule has 1 aromatic carbocycles. The molecule has 1 rings (SSSR count). The van der Waals surface area contributed by atoms with Crippen molar-refractivity contribution in [1.29, 1.82) is 5.26 Å². The fourth-order valence-corrected chi connectivity index (χ4v) is 2.00. The SMILES string of the molecule is CCC(C#N)C(O)c1c(Cl)cccc1Cl. The van der Waals surface area contributed by atoms with Gasteiger partial charge in [0.2, 0.25) is 0 Å². The van der Waals surface area contributed by atoms with Gasteiger partial charge in [-0.3, -0.25) is 0 Å². The van der Waals surface area contributed by atoms with Gasteiger partial charge in [0, 0.05) is 15.6 Å². The molecule has 0 radical (unpaired) electrons. The first-order chi connectivity index (χ1) is 7.11. The topological polar surface area (TPSA) is 44.0 Å². The van der Waals surface area contributed by atoms with Crippen molar-refractivity contribution in [2.24, 2.45) is 5.92 Å². The molecule has 0 aliphatic heterocycles. The van der Waals surface area contributed by atoms with Crippen LogP contribution in [-0.4, -0.2) is 5.11 Å². The van der Waals surface area contributed by atoms with Gasteiger partial charge >= 0.3 is 0 Å². The number of aliphatic hydroxyl groups excluding tert-OH is 1. The lowest BCUT2D eigenvalue weighted by molar-refractivity contribution is 0.133. The van der Waals surface area contributed by atoms with Crippen LogP contribution < -0.4 is 0 Å². The zero-order valence-corrected chi connectivity index (χ0v) is 9.76. The molecule has 0 saturated heterocycles. The number of hydrogen-bond donors (Lipinski definition) is 1. The smallest absolute Gasteiger partial charge is 0.0976 e. The summed E-state index contributed by atoms with van der Waals surface area (Å²) in [4.78, 5) is 0. The lowest BCUT2D eigenvalue weighted by Crippen LogP contribution is -2.10. The minimum atomic E-state index is -0.929. The molecule has 0 bridgehead atoms. The summed E-state index contributed by atoms with van der Waals surface area (Å²) in [6, 6.07) is 7.04. The predicted molar refractivity (Wildman–Crippen MR) is 60.8 cm³/mol. The highest BCUT2D eigenvalue weighted by atomic mass is 35.5. The van der Waals surface area contributed by atoms with Crippen LogP contribution in [0.2, 0.25) is 10.0 Å². The van der Waals surface area contributed by atoms with Gasteiger partial charge in [-0.1, -0.05) is 36.2 Å². The summed E-state index contributed by atoms with van der Waals surface area (Å²) in [5.74, 6) is -0.484. The van der Waals surface area contributed by atoms with E-state index in [0.717, 1.165) is 0 Å². The zero-order valence-electron chi connectivity index (χ0n) is 8.24. The summed E-state index contributed by atoms with van der Waals surface area (Å²) in [6.45, 7) is 1.84. The van der Waals surface area contributed by atoms with E-state index in [2.05, 4.69) is 0 Å². The second kappa shape index (κ2) is 5.37. The van der Waals surface area contributed by atoms with Crippen LogP contribution in [0.15, 0.2) is 18.2 Å². The molecule has 2 nitrogen and oxygen atoms in total. The maximum absolute atomic E-state index is 9.95. The molecule has 0 aromatic heterocycles. The monoisotopic (exact) mass is 243 g/mol. The molecule has 2 atom stereocenters. The second-order valence-electron chi connectivity index (χ2n) is 3.22. The number of hydrogen-bond acceptors (Lipinski definition) is 2. The first kappa shape index (κ1) is 12.3. The van der Waals surface area contributed by atoms with E-state index in [0.29, 0.717) is 22.0 Å². The Kier molecular flexibility index (Phi) is 4.41. The van der Waals surface area contributed by atoms with Gasteiger partial charge in [-0.05, 0) is 18.6 Å². The highest BCUT2D eigenvalue weighted by Crippen LogP contribution is 2.34. The first-order valence-electron chi connectivity index (χ1n) is 4.63. The Morgan fingerprint density at radius 1 is 1.40 bits per heavy atom. The van der Waals surface area contributed by atoms with Crippen molar-refractivity contribution in [2.75, 3.05) is 0 Å². The summed E-state index contributed by atoms with van der Waals surface area (Å²) in [6.07, 6.45) is -0.375. The molecular formula is C11H11Cl2NO. The van der Waals surface area contributed by atoms with E-state index in [4.69, 9.17) is 28.5 Å². The number of nitriles is 1. The van der Waals surface area contributed by atoms with Crippen molar-refractivity contribution in [1.82, 2.24) is 0 Å². The average molecular weight is 244 g/mol. The summed E-state index contributed by atoms with van der Waals surface area (Å²) >= 11 is 11.9. The van der Waals surface area contributed by atoms with Crippen LogP contribution in [0.3, 0.4) is 0 Å². The Morgan fingerprint density at radius 3 is 2.33 bits per heavy atom. The minimum Gasteiger partial charge on any atom is -0.387 e. The van der Waals surface area contributed by atoms with Crippen molar-refractivity contribution in [3.8, 4) is 6.07 Å². The standard InChI is InChI=1S/C11H11Cl2NO/c1-2-7(6-14)11(15)10-8(12)4-3-5-9(10)13/h3-5,7,11,15H,2H2,1H3. The maximum Gasteiger partial charge on any atom is 0.0976 e. The van der Waals surface area contributed by atoms with Crippen LogP contribution in [0, 0.1) is 17.2 Å². The quantitative estimate of drug-likeness (QED) is 0.883. The van der Waals surface area contributed by atoms with Crippen LogP contribution >= 0.6 is 23.2 Å². The number of halogens is 2. The van der Waals surface area contributed by atoms with E-state index in [1.807, 2.05) is 13.0 Å². The van der Waals surface area contributed by atoms with E-state index in [-0.39, 0.29) is 0 Å². The van der Waals surface area contributed by atoms with Gasteiger partial charge in [-0.2, -0.15) is 5.26 Å². The lowest BCUT2D eigenvalue weighted by Gasteiger charge is -2.17. The number of rotatable bonds is 3. The third-order valence-corrected chi connectivity index (χ3v) is 2.94. The van der Waals surface area contributed by atoms with Crippen LogP contribution in [0.4, 0.5) is 0 Å². The van der Waals surface area contributed by atoms with Crippen molar-refractivity contribution in [3.63, 3.8) is 0 Å². The molecule has 1 aromatic rings. The van der Waals surface area contributed by atoms with Gasteiger partial charge in [-0.15, -0.1) is 0 Å². The van der Waals surface area contributed by atoms with Gasteiger partial charge in [0.15, 0.2) is 0 Å². The van der Waals surface area contributed by atoms with Gasteiger partial charge in [0.05, 0.1) is 18.1 Å². The normalized spacial score (nSPS) is 14.3. The zero-order chi connectivity index (χ0) is 11.4. The van der Waals surface area contributed by atoms with E-state index < -0.39 is 12.0 Å². The molecular weight excluding hydrogens is 233 g/mol. The molecule has 0 spiro atoms. The summed E-state index contributed by atoms with van der Waals surface area (Å²) in [5, 5.41) is 19.6. The number of nitrogens with zero attached hydrogens (tertiary/aromatic N) is 1. The van der Waals surface area contributed by atoms with Gasteiger partial charge in [-0.25, -0.2) is 0 Å². The van der Waals surface area contributed by atoms with Crippen LogP contribution in [0.5, 0.6) is 0 Å². The third kappa shape index (κ3) is 2.63. The average Bonchev–Trinajstić information content (AvgIpc) is 2.19. The lowest BCUT2D eigenvalue weighted by atomic mass is 9.95. The second-order valence-corrected chi connectivity index (χ2v) is 4.04. The molecule has 15 heavy (non-hydrogen) atoms. The van der Waals surface area contributed by atoms with E-state index in [1.54, 1.807) is 18.2 Å². The molecule has 0 amide bonds. The van der Waals surface area contributed by atoms with E-state index in [9.17, 15) is 5.11 Å². The Bertz CT molecular complexity index is 366. The predicted octanol–water partition coefficient (Wildman–Crippen LogP) is 3.58. The molecule has 0 heterocycles. The first-order valence-corrected chi connectivity index (χ1v) is 5.39. The molecule has 0 fully saturated rings. The Hall–Kier alpha value is -0.750. The molecule has 2 unspecified atom stereocenters. The fourth-order valence-electron chi connectivity index (χ4n) is 1.38. The summed E-state index contributed by atoms with van der Waals surface area (Å²) in [7, 11) is 0. The van der Waals surface area contributed by atoms with Gasteiger partial charge in [0.25, 0.3) is 0 Å². The van der Waals surface area contributed by atoms with Crippen molar-refractivity contribution < 1.29 is 5.11 Å². The van der Waals surface area contributed by atoms with E-state index in [1.165, 1.54) is 0 Å². The van der Waals surface area contributed by atoms with Gasteiger partial charge in [0.1, 0.15) is 0 Å². The highest BCUT2D eigenvalue weighted by molar-refractivity contribution is 6.36.